The number of carbonyl (C=O) groups excluding carboxylic acids is 1. The van der Waals surface area contributed by atoms with Crippen molar-refractivity contribution in [3.05, 3.63) is 47.9 Å². The quantitative estimate of drug-likeness (QED) is 0.701. The molecule has 0 saturated carbocycles. The molecule has 0 radical (unpaired) electrons. The first-order valence-electron chi connectivity index (χ1n) is 4.18. The maximum absolute atomic E-state index is 11.4. The fraction of sp³-hybridized carbons (Fsp3) is 0.100. The summed E-state index contributed by atoms with van der Waals surface area (Å²) >= 11 is 0. The normalized spacial score (nSPS) is 20.7. The second-order valence-corrected chi connectivity index (χ2v) is 2.97. The lowest BCUT2D eigenvalue weighted by Crippen LogP contribution is -2.33. The molecule has 0 saturated heterocycles. The van der Waals surface area contributed by atoms with Crippen molar-refractivity contribution in [1.82, 2.24) is 5.48 Å². The molecule has 0 fully saturated rings. The van der Waals surface area contributed by atoms with Crippen molar-refractivity contribution >= 4 is 5.91 Å². The second-order valence-electron chi connectivity index (χ2n) is 2.97. The Kier molecular flexibility index (Phi) is 2.10. The highest BCUT2D eigenvalue weighted by atomic mass is 16.7. The van der Waals surface area contributed by atoms with Crippen molar-refractivity contribution in [2.75, 3.05) is 0 Å². The molecular weight excluding hydrogens is 182 g/mol. The van der Waals surface area contributed by atoms with Gasteiger partial charge < -0.3 is 9.94 Å². The van der Waals surface area contributed by atoms with Crippen LogP contribution in [0.25, 0.3) is 0 Å². The highest BCUT2D eigenvalue weighted by Gasteiger charge is 2.28. The Labute approximate surface area is 80.8 Å². The predicted molar refractivity (Wildman–Crippen MR) is 49.1 cm³/mol. The molecule has 1 atom stereocenters. The summed E-state index contributed by atoms with van der Waals surface area (Å²) in [6, 6.07) is 9.03. The van der Waals surface area contributed by atoms with Gasteiger partial charge in [0.2, 0.25) is 0 Å². The molecule has 14 heavy (non-hydrogen) atoms. The first kappa shape index (κ1) is 8.62. The lowest BCUT2D eigenvalue weighted by molar-refractivity contribution is -0.133. The molecule has 1 heterocycles. The number of aliphatic hydroxyl groups is 1. The summed E-state index contributed by atoms with van der Waals surface area (Å²) in [6.07, 6.45) is 1.12. The molecule has 0 spiro atoms. The van der Waals surface area contributed by atoms with E-state index in [4.69, 9.17) is 0 Å². The Morgan fingerprint density at radius 2 is 2.00 bits per heavy atom. The van der Waals surface area contributed by atoms with Crippen LogP contribution in [-0.4, -0.2) is 11.0 Å². The zero-order valence-electron chi connectivity index (χ0n) is 7.31. The Morgan fingerprint density at radius 1 is 1.29 bits per heavy atom. The van der Waals surface area contributed by atoms with Gasteiger partial charge in [-0.3, -0.25) is 4.79 Å². The fourth-order valence-electron chi connectivity index (χ4n) is 1.38. The first-order valence-corrected chi connectivity index (χ1v) is 4.18. The lowest BCUT2D eigenvalue weighted by Gasteiger charge is -2.19. The maximum Gasteiger partial charge on any atom is 0.267 e. The molecule has 1 unspecified atom stereocenters. The molecule has 2 N–H and O–H groups in total. The van der Waals surface area contributed by atoms with Gasteiger partial charge in [0.05, 0.1) is 0 Å². The molecule has 1 aliphatic heterocycles. The predicted octanol–water partition coefficient (Wildman–Crippen LogP) is 1.23. The van der Waals surface area contributed by atoms with Crippen LogP contribution in [0.15, 0.2) is 42.4 Å². The van der Waals surface area contributed by atoms with Crippen LogP contribution in [0, 0.1) is 0 Å². The van der Waals surface area contributed by atoms with E-state index in [-0.39, 0.29) is 11.7 Å². The summed E-state index contributed by atoms with van der Waals surface area (Å²) in [6.45, 7) is 0. The summed E-state index contributed by atoms with van der Waals surface area (Å²) in [7, 11) is 0. The molecule has 0 aromatic heterocycles. The minimum Gasteiger partial charge on any atom is -0.508 e. The minimum absolute atomic E-state index is 0.0834. The smallest absolute Gasteiger partial charge is 0.267 e. The van der Waals surface area contributed by atoms with Gasteiger partial charge in [0.15, 0.2) is 6.26 Å². The van der Waals surface area contributed by atoms with Crippen molar-refractivity contribution < 1.29 is 14.7 Å². The largest absolute Gasteiger partial charge is 0.508 e. The van der Waals surface area contributed by atoms with E-state index in [0.717, 1.165) is 11.8 Å². The average Bonchev–Trinajstić information content (AvgIpc) is 2.19. The van der Waals surface area contributed by atoms with Crippen molar-refractivity contribution in [2.24, 2.45) is 0 Å². The van der Waals surface area contributed by atoms with E-state index in [2.05, 4.69) is 10.3 Å². The molecule has 4 nitrogen and oxygen atoms in total. The third-order valence-corrected chi connectivity index (χ3v) is 2.03. The van der Waals surface area contributed by atoms with Gasteiger partial charge in [0, 0.05) is 0 Å². The number of benzene rings is 1. The van der Waals surface area contributed by atoms with E-state index in [0.29, 0.717) is 0 Å². The van der Waals surface area contributed by atoms with Crippen molar-refractivity contribution in [1.29, 1.82) is 0 Å². The molecular formula is C10H9NO3. The number of carbonyl (C=O) groups is 1. The van der Waals surface area contributed by atoms with Gasteiger partial charge in [-0.1, -0.05) is 30.3 Å². The highest BCUT2D eigenvalue weighted by Crippen LogP contribution is 2.24. The Balaban J connectivity index is 2.37. The SMILES string of the molecule is O=C1NOC=C(O)C1c1ccccc1. The summed E-state index contributed by atoms with van der Waals surface area (Å²) in [5.41, 5.74) is 2.92. The Bertz CT molecular complexity index is 372. The van der Waals surface area contributed by atoms with Gasteiger partial charge in [0.25, 0.3) is 5.91 Å². The van der Waals surface area contributed by atoms with E-state index in [9.17, 15) is 9.90 Å². The van der Waals surface area contributed by atoms with E-state index in [1.54, 1.807) is 12.1 Å². The second kappa shape index (κ2) is 3.41. The van der Waals surface area contributed by atoms with Crippen molar-refractivity contribution in [3.8, 4) is 0 Å². The number of rotatable bonds is 1. The topological polar surface area (TPSA) is 58.6 Å². The van der Waals surface area contributed by atoms with Crippen LogP contribution in [0.5, 0.6) is 0 Å². The standard InChI is InChI=1S/C10H9NO3/c12-8-6-14-11-10(13)9(8)7-4-2-1-3-5-7/h1-6,9,12H,(H,11,13). The number of hydrogen-bond acceptors (Lipinski definition) is 3. The van der Waals surface area contributed by atoms with E-state index >= 15 is 0 Å². The molecule has 1 amide bonds. The third kappa shape index (κ3) is 1.42. The summed E-state index contributed by atoms with van der Waals surface area (Å²) in [5, 5.41) is 9.47. The minimum atomic E-state index is -0.662. The Hall–Kier alpha value is -1.97. The number of hydrogen-bond donors (Lipinski definition) is 2. The average molecular weight is 191 g/mol. The number of nitrogens with one attached hydrogen (secondary N) is 1. The zero-order chi connectivity index (χ0) is 9.97. The summed E-state index contributed by atoms with van der Waals surface area (Å²) < 4.78 is 0. The molecule has 0 bridgehead atoms. The van der Waals surface area contributed by atoms with Crippen LogP contribution >= 0.6 is 0 Å². The third-order valence-electron chi connectivity index (χ3n) is 2.03. The molecule has 1 aromatic rings. The van der Waals surface area contributed by atoms with E-state index in [1.807, 2.05) is 18.2 Å². The van der Waals surface area contributed by atoms with Crippen molar-refractivity contribution in [2.45, 2.75) is 5.92 Å². The molecule has 4 heteroatoms. The molecule has 1 aromatic carbocycles. The van der Waals surface area contributed by atoms with E-state index < -0.39 is 5.92 Å². The number of amides is 1. The first-order chi connectivity index (χ1) is 6.79. The van der Waals surface area contributed by atoms with Gasteiger partial charge in [-0.2, -0.15) is 5.48 Å². The van der Waals surface area contributed by atoms with Crippen LogP contribution < -0.4 is 5.48 Å². The van der Waals surface area contributed by atoms with Gasteiger partial charge in [0.1, 0.15) is 11.7 Å². The van der Waals surface area contributed by atoms with Crippen LogP contribution in [0.2, 0.25) is 0 Å². The Morgan fingerprint density at radius 3 is 2.64 bits per heavy atom. The molecule has 0 aliphatic carbocycles. The van der Waals surface area contributed by atoms with Gasteiger partial charge in [-0.05, 0) is 5.56 Å². The fourth-order valence-corrected chi connectivity index (χ4v) is 1.38. The molecule has 1 aliphatic rings. The van der Waals surface area contributed by atoms with Crippen LogP contribution in [0.1, 0.15) is 11.5 Å². The molecule has 2 rings (SSSR count). The van der Waals surface area contributed by atoms with E-state index in [1.165, 1.54) is 0 Å². The number of aliphatic hydroxyl groups excluding tert-OH is 1. The van der Waals surface area contributed by atoms with Crippen molar-refractivity contribution in [3.63, 3.8) is 0 Å². The maximum atomic E-state index is 11.4. The highest BCUT2D eigenvalue weighted by molar-refractivity contribution is 5.86. The van der Waals surface area contributed by atoms with Gasteiger partial charge >= 0.3 is 0 Å². The van der Waals surface area contributed by atoms with Crippen LogP contribution in [0.3, 0.4) is 0 Å². The summed E-state index contributed by atoms with van der Waals surface area (Å²) in [5.74, 6) is -1.11. The molecule has 72 valence electrons. The van der Waals surface area contributed by atoms with Crippen LogP contribution in [-0.2, 0) is 9.63 Å². The van der Waals surface area contributed by atoms with Crippen LogP contribution in [0.4, 0.5) is 0 Å². The number of hydroxylamine groups is 1. The summed E-state index contributed by atoms with van der Waals surface area (Å²) in [4.78, 5) is 15.9. The monoisotopic (exact) mass is 191 g/mol. The van der Waals surface area contributed by atoms with Gasteiger partial charge in [-0.15, -0.1) is 0 Å². The van der Waals surface area contributed by atoms with Gasteiger partial charge in [-0.25, -0.2) is 0 Å². The zero-order valence-corrected chi connectivity index (χ0v) is 7.31. The lowest BCUT2D eigenvalue weighted by atomic mass is 9.96.